The number of aryl methyl sites for hydroxylation is 1. The zero-order valence-corrected chi connectivity index (χ0v) is 15.1. The maximum Gasteiger partial charge on any atom is 0.252 e. The third-order valence-electron chi connectivity index (χ3n) is 4.26. The van der Waals surface area contributed by atoms with Gasteiger partial charge >= 0.3 is 0 Å². The van der Waals surface area contributed by atoms with Crippen LogP contribution in [0.2, 0.25) is 0 Å². The third kappa shape index (κ3) is 4.83. The van der Waals surface area contributed by atoms with Crippen molar-refractivity contribution in [2.24, 2.45) is 0 Å². The van der Waals surface area contributed by atoms with Crippen molar-refractivity contribution in [1.82, 2.24) is 5.32 Å². The highest BCUT2D eigenvalue weighted by Crippen LogP contribution is 2.26. The molecule has 1 aliphatic rings. The number of carbonyl (C=O) groups excluding carboxylic acids is 1. The molecule has 3 rings (SSSR count). The van der Waals surface area contributed by atoms with Crippen LogP contribution in [0.25, 0.3) is 0 Å². The summed E-state index contributed by atoms with van der Waals surface area (Å²) in [6.45, 7) is 2.94. The maximum atomic E-state index is 13.3. The average Bonchev–Trinajstić information content (AvgIpc) is 3.14. The van der Waals surface area contributed by atoms with Crippen molar-refractivity contribution in [1.29, 1.82) is 0 Å². The van der Waals surface area contributed by atoms with E-state index in [4.69, 9.17) is 4.74 Å². The molecule has 0 radical (unpaired) electrons. The van der Waals surface area contributed by atoms with E-state index in [0.29, 0.717) is 17.7 Å². The van der Waals surface area contributed by atoms with Crippen LogP contribution in [-0.2, 0) is 11.3 Å². The van der Waals surface area contributed by atoms with Crippen LogP contribution in [-0.4, -0.2) is 24.4 Å². The number of hydrogen-bond acceptors (Lipinski definition) is 3. The van der Waals surface area contributed by atoms with E-state index in [2.05, 4.69) is 5.32 Å². The highest BCUT2D eigenvalue weighted by molar-refractivity contribution is 7.99. The summed E-state index contributed by atoms with van der Waals surface area (Å²) in [7, 11) is 0. The molecule has 2 aromatic carbocycles. The molecule has 1 saturated heterocycles. The van der Waals surface area contributed by atoms with Crippen LogP contribution in [0.1, 0.15) is 34.3 Å². The highest BCUT2D eigenvalue weighted by Gasteiger charge is 2.17. The normalized spacial score (nSPS) is 16.8. The SMILES string of the molecule is Cc1cc(CNC(=O)c2ccccc2SCC2CCCO2)ccc1F. The Morgan fingerprint density at radius 2 is 2.16 bits per heavy atom. The van der Waals surface area contributed by atoms with Gasteiger partial charge in [0.25, 0.3) is 5.91 Å². The largest absolute Gasteiger partial charge is 0.377 e. The summed E-state index contributed by atoms with van der Waals surface area (Å²) < 4.78 is 19.0. The lowest BCUT2D eigenvalue weighted by molar-refractivity contribution is 0.0947. The van der Waals surface area contributed by atoms with E-state index in [9.17, 15) is 9.18 Å². The molecule has 5 heteroatoms. The molecule has 3 nitrogen and oxygen atoms in total. The topological polar surface area (TPSA) is 38.3 Å². The lowest BCUT2D eigenvalue weighted by atomic mass is 10.1. The summed E-state index contributed by atoms with van der Waals surface area (Å²) >= 11 is 1.66. The Kier molecular flexibility index (Phi) is 6.10. The van der Waals surface area contributed by atoms with Crippen LogP contribution >= 0.6 is 11.8 Å². The Balaban J connectivity index is 1.61. The monoisotopic (exact) mass is 359 g/mol. The van der Waals surface area contributed by atoms with Gasteiger partial charge in [0.2, 0.25) is 0 Å². The lowest BCUT2D eigenvalue weighted by Gasteiger charge is -2.12. The molecule has 1 heterocycles. The molecule has 0 bridgehead atoms. The zero-order valence-electron chi connectivity index (χ0n) is 14.3. The molecule has 0 spiro atoms. The van der Waals surface area contributed by atoms with E-state index in [1.807, 2.05) is 24.3 Å². The molecule has 1 unspecified atom stereocenters. The molecule has 25 heavy (non-hydrogen) atoms. The molecule has 1 atom stereocenters. The first kappa shape index (κ1) is 18.0. The summed E-state index contributed by atoms with van der Waals surface area (Å²) in [4.78, 5) is 13.5. The first-order chi connectivity index (χ1) is 12.1. The Bertz CT molecular complexity index is 744. The first-order valence-corrected chi connectivity index (χ1v) is 9.48. The number of rotatable bonds is 6. The fourth-order valence-corrected chi connectivity index (χ4v) is 3.95. The maximum absolute atomic E-state index is 13.3. The predicted molar refractivity (Wildman–Crippen MR) is 98.4 cm³/mol. The number of hydrogen-bond donors (Lipinski definition) is 1. The minimum atomic E-state index is -0.231. The van der Waals surface area contributed by atoms with Gasteiger partial charge in [-0.3, -0.25) is 4.79 Å². The molecule has 1 fully saturated rings. The molecule has 132 valence electrons. The van der Waals surface area contributed by atoms with Crippen molar-refractivity contribution < 1.29 is 13.9 Å². The second kappa shape index (κ2) is 8.50. The lowest BCUT2D eigenvalue weighted by Crippen LogP contribution is -2.23. The van der Waals surface area contributed by atoms with Crippen LogP contribution in [0.4, 0.5) is 4.39 Å². The minimum Gasteiger partial charge on any atom is -0.377 e. The number of thioether (sulfide) groups is 1. The molecule has 2 aromatic rings. The number of carbonyl (C=O) groups is 1. The highest BCUT2D eigenvalue weighted by atomic mass is 32.2. The van der Waals surface area contributed by atoms with Gasteiger partial charge in [0, 0.05) is 23.8 Å². The minimum absolute atomic E-state index is 0.114. The van der Waals surface area contributed by atoms with E-state index in [0.717, 1.165) is 35.7 Å². The van der Waals surface area contributed by atoms with E-state index in [-0.39, 0.29) is 17.8 Å². The molecule has 0 aliphatic carbocycles. The average molecular weight is 359 g/mol. The van der Waals surface area contributed by atoms with Gasteiger partial charge in [-0.25, -0.2) is 4.39 Å². The molecular weight excluding hydrogens is 337 g/mol. The van der Waals surface area contributed by atoms with E-state index in [1.165, 1.54) is 6.07 Å². The van der Waals surface area contributed by atoms with E-state index >= 15 is 0 Å². The predicted octanol–water partition coefficient (Wildman–Crippen LogP) is 4.34. The molecule has 1 amide bonds. The van der Waals surface area contributed by atoms with Crippen LogP contribution < -0.4 is 5.32 Å². The Labute approximate surface area is 152 Å². The van der Waals surface area contributed by atoms with Crippen LogP contribution in [0.3, 0.4) is 0 Å². The van der Waals surface area contributed by atoms with Gasteiger partial charge in [0.15, 0.2) is 0 Å². The third-order valence-corrected chi connectivity index (χ3v) is 5.46. The van der Waals surface area contributed by atoms with Gasteiger partial charge in [-0.1, -0.05) is 24.3 Å². The van der Waals surface area contributed by atoms with Crippen molar-refractivity contribution in [3.05, 3.63) is 65.0 Å². The summed E-state index contributed by atoms with van der Waals surface area (Å²) in [5, 5.41) is 2.92. The molecule has 0 saturated carbocycles. The standard InChI is InChI=1S/C20H22FNO2S/c1-14-11-15(8-9-18(14)21)12-22-20(23)17-6-2-3-7-19(17)25-13-16-5-4-10-24-16/h2-3,6-9,11,16H,4-5,10,12-13H2,1H3,(H,22,23). The van der Waals surface area contributed by atoms with Crippen LogP contribution in [0.5, 0.6) is 0 Å². The number of nitrogens with one attached hydrogen (secondary N) is 1. The van der Waals surface area contributed by atoms with E-state index < -0.39 is 0 Å². The van der Waals surface area contributed by atoms with Crippen LogP contribution in [0.15, 0.2) is 47.4 Å². The number of benzene rings is 2. The fraction of sp³-hybridized carbons (Fsp3) is 0.350. The smallest absolute Gasteiger partial charge is 0.252 e. The summed E-state index contributed by atoms with van der Waals surface area (Å²) in [6, 6.07) is 12.5. The summed E-state index contributed by atoms with van der Waals surface area (Å²) in [5.74, 6) is 0.518. The van der Waals surface area contributed by atoms with Gasteiger partial charge in [0.05, 0.1) is 11.7 Å². The van der Waals surface area contributed by atoms with Gasteiger partial charge in [-0.15, -0.1) is 11.8 Å². The van der Waals surface area contributed by atoms with Crippen molar-refractivity contribution in [3.8, 4) is 0 Å². The second-order valence-electron chi connectivity index (χ2n) is 6.21. The molecule has 1 N–H and O–H groups in total. The summed E-state index contributed by atoms with van der Waals surface area (Å²) in [6.07, 6.45) is 2.48. The first-order valence-electron chi connectivity index (χ1n) is 8.50. The van der Waals surface area contributed by atoms with E-state index in [1.54, 1.807) is 30.8 Å². The second-order valence-corrected chi connectivity index (χ2v) is 7.27. The molecular formula is C20H22FNO2S. The van der Waals surface area contributed by atoms with Gasteiger partial charge < -0.3 is 10.1 Å². The van der Waals surface area contributed by atoms with Gasteiger partial charge in [-0.2, -0.15) is 0 Å². The van der Waals surface area contributed by atoms with Crippen molar-refractivity contribution >= 4 is 17.7 Å². The summed E-state index contributed by atoms with van der Waals surface area (Å²) in [5.41, 5.74) is 2.14. The number of amides is 1. The Hall–Kier alpha value is -1.85. The van der Waals surface area contributed by atoms with Crippen molar-refractivity contribution in [2.75, 3.05) is 12.4 Å². The Morgan fingerprint density at radius 1 is 1.32 bits per heavy atom. The Morgan fingerprint density at radius 3 is 2.92 bits per heavy atom. The van der Waals surface area contributed by atoms with Crippen molar-refractivity contribution in [2.45, 2.75) is 37.3 Å². The van der Waals surface area contributed by atoms with Gasteiger partial charge in [0.1, 0.15) is 5.82 Å². The zero-order chi connectivity index (χ0) is 17.6. The molecule has 1 aliphatic heterocycles. The number of halogens is 1. The molecule has 0 aromatic heterocycles. The van der Waals surface area contributed by atoms with Crippen molar-refractivity contribution in [3.63, 3.8) is 0 Å². The van der Waals surface area contributed by atoms with Gasteiger partial charge in [-0.05, 0) is 49.1 Å². The fourth-order valence-electron chi connectivity index (χ4n) is 2.83. The number of ether oxygens (including phenoxy) is 1. The van der Waals surface area contributed by atoms with Crippen LogP contribution in [0, 0.1) is 12.7 Å². The quantitative estimate of drug-likeness (QED) is 0.780.